The molecule has 5 heteroatoms. The van der Waals surface area contributed by atoms with Gasteiger partial charge in [0, 0.05) is 22.9 Å². The van der Waals surface area contributed by atoms with Gasteiger partial charge in [-0.3, -0.25) is 9.78 Å². The summed E-state index contributed by atoms with van der Waals surface area (Å²) in [5.41, 5.74) is 0.506. The average Bonchev–Trinajstić information content (AvgIpc) is 2.16. The molecule has 2 atom stereocenters. The summed E-state index contributed by atoms with van der Waals surface area (Å²) < 4.78 is 0.767. The zero-order chi connectivity index (χ0) is 12.1. The van der Waals surface area contributed by atoms with E-state index in [2.05, 4.69) is 26.2 Å². The zero-order valence-electron chi connectivity index (χ0n) is 9.27. The second-order valence-electron chi connectivity index (χ2n) is 3.85. The van der Waals surface area contributed by atoms with Crippen LogP contribution < -0.4 is 5.32 Å². The molecule has 1 rings (SSSR count). The standard InChI is InChI=1S/C11H15BrN2O2/c1-7(3-8(2)15)14-11(16)9-4-10(12)6-13-5-9/h4-8,15H,3H2,1-2H3,(H,14,16). The summed E-state index contributed by atoms with van der Waals surface area (Å²) in [4.78, 5) is 15.7. The van der Waals surface area contributed by atoms with Crippen molar-refractivity contribution in [1.82, 2.24) is 10.3 Å². The van der Waals surface area contributed by atoms with E-state index >= 15 is 0 Å². The highest BCUT2D eigenvalue weighted by atomic mass is 79.9. The van der Waals surface area contributed by atoms with E-state index in [4.69, 9.17) is 0 Å². The Kier molecular flexibility index (Phi) is 4.89. The minimum atomic E-state index is -0.420. The molecule has 16 heavy (non-hydrogen) atoms. The number of nitrogens with one attached hydrogen (secondary N) is 1. The Bertz CT molecular complexity index is 369. The van der Waals surface area contributed by atoms with Gasteiger partial charge in [-0.2, -0.15) is 0 Å². The Labute approximate surface area is 103 Å². The minimum Gasteiger partial charge on any atom is -0.393 e. The number of aliphatic hydroxyl groups excluding tert-OH is 1. The molecule has 2 N–H and O–H groups in total. The lowest BCUT2D eigenvalue weighted by atomic mass is 10.1. The second kappa shape index (κ2) is 5.96. The van der Waals surface area contributed by atoms with E-state index in [0.717, 1.165) is 4.47 Å². The number of pyridine rings is 1. The molecule has 1 heterocycles. The van der Waals surface area contributed by atoms with Crippen molar-refractivity contribution in [3.8, 4) is 0 Å². The number of aliphatic hydroxyl groups is 1. The van der Waals surface area contributed by atoms with Gasteiger partial charge in [-0.05, 0) is 42.3 Å². The number of hydrogen-bond acceptors (Lipinski definition) is 3. The molecule has 88 valence electrons. The number of hydrogen-bond donors (Lipinski definition) is 2. The van der Waals surface area contributed by atoms with Crippen LogP contribution in [0, 0.1) is 0 Å². The largest absolute Gasteiger partial charge is 0.393 e. The maximum atomic E-state index is 11.7. The molecule has 0 radical (unpaired) electrons. The first-order chi connectivity index (χ1) is 7.49. The molecule has 0 aliphatic heterocycles. The number of rotatable bonds is 4. The highest BCUT2D eigenvalue weighted by Crippen LogP contribution is 2.09. The van der Waals surface area contributed by atoms with Crippen LogP contribution in [-0.4, -0.2) is 28.1 Å². The first-order valence-electron chi connectivity index (χ1n) is 5.08. The van der Waals surface area contributed by atoms with Gasteiger partial charge >= 0.3 is 0 Å². The van der Waals surface area contributed by atoms with Gasteiger partial charge in [0.05, 0.1) is 11.7 Å². The molecule has 1 aromatic heterocycles. The zero-order valence-corrected chi connectivity index (χ0v) is 10.9. The van der Waals surface area contributed by atoms with Crippen LogP contribution >= 0.6 is 15.9 Å². The van der Waals surface area contributed by atoms with E-state index in [1.165, 1.54) is 6.20 Å². The Balaban J connectivity index is 2.59. The number of carbonyl (C=O) groups excluding carboxylic acids is 1. The van der Waals surface area contributed by atoms with Gasteiger partial charge in [-0.25, -0.2) is 0 Å². The molecule has 0 saturated carbocycles. The molecule has 0 saturated heterocycles. The van der Waals surface area contributed by atoms with Crippen LogP contribution in [0.5, 0.6) is 0 Å². The van der Waals surface area contributed by atoms with E-state index in [0.29, 0.717) is 12.0 Å². The molecule has 4 nitrogen and oxygen atoms in total. The van der Waals surface area contributed by atoms with Gasteiger partial charge in [0.15, 0.2) is 0 Å². The molecule has 0 spiro atoms. The normalized spacial score (nSPS) is 14.2. The number of amides is 1. The Morgan fingerprint density at radius 2 is 2.25 bits per heavy atom. The van der Waals surface area contributed by atoms with Crippen molar-refractivity contribution in [1.29, 1.82) is 0 Å². The summed E-state index contributed by atoms with van der Waals surface area (Å²) in [5, 5.41) is 12.0. The highest BCUT2D eigenvalue weighted by Gasteiger charge is 2.11. The van der Waals surface area contributed by atoms with Crippen molar-refractivity contribution in [3.63, 3.8) is 0 Å². The average molecular weight is 287 g/mol. The van der Waals surface area contributed by atoms with Gasteiger partial charge in [0.25, 0.3) is 5.91 Å². The third kappa shape index (κ3) is 4.28. The van der Waals surface area contributed by atoms with Crippen molar-refractivity contribution in [2.24, 2.45) is 0 Å². The summed E-state index contributed by atoms with van der Waals surface area (Å²) in [6, 6.07) is 1.64. The maximum absolute atomic E-state index is 11.7. The number of carbonyl (C=O) groups is 1. The Morgan fingerprint density at radius 3 is 2.81 bits per heavy atom. The van der Waals surface area contributed by atoms with Crippen LogP contribution in [-0.2, 0) is 0 Å². The lowest BCUT2D eigenvalue weighted by Crippen LogP contribution is -2.34. The Hall–Kier alpha value is -0.940. The molecule has 1 amide bonds. The predicted octanol–water partition coefficient (Wildman–Crippen LogP) is 1.73. The summed E-state index contributed by atoms with van der Waals surface area (Å²) >= 11 is 3.25. The van der Waals surface area contributed by atoms with Crippen LogP contribution in [0.3, 0.4) is 0 Å². The predicted molar refractivity (Wildman–Crippen MR) is 65.2 cm³/mol. The van der Waals surface area contributed by atoms with E-state index in [-0.39, 0.29) is 11.9 Å². The first kappa shape index (κ1) is 13.1. The summed E-state index contributed by atoms with van der Waals surface area (Å²) in [5.74, 6) is -0.179. The summed E-state index contributed by atoms with van der Waals surface area (Å²) in [6.07, 6.45) is 3.24. The van der Waals surface area contributed by atoms with Crippen LogP contribution in [0.2, 0.25) is 0 Å². The fraction of sp³-hybridized carbons (Fsp3) is 0.455. The van der Waals surface area contributed by atoms with Gasteiger partial charge < -0.3 is 10.4 Å². The molecule has 2 unspecified atom stereocenters. The van der Waals surface area contributed by atoms with Crippen molar-refractivity contribution in [2.45, 2.75) is 32.4 Å². The minimum absolute atomic E-state index is 0.0634. The van der Waals surface area contributed by atoms with Gasteiger partial charge in [0.2, 0.25) is 0 Å². The van der Waals surface area contributed by atoms with E-state index in [9.17, 15) is 9.90 Å². The maximum Gasteiger partial charge on any atom is 0.253 e. The third-order valence-corrected chi connectivity index (χ3v) is 2.47. The number of nitrogens with zero attached hydrogens (tertiary/aromatic N) is 1. The molecule has 0 aliphatic rings. The fourth-order valence-corrected chi connectivity index (χ4v) is 1.78. The Morgan fingerprint density at radius 1 is 1.56 bits per heavy atom. The lowest BCUT2D eigenvalue weighted by molar-refractivity contribution is 0.0922. The molecular weight excluding hydrogens is 272 g/mol. The van der Waals surface area contributed by atoms with E-state index in [1.807, 2.05) is 6.92 Å². The highest BCUT2D eigenvalue weighted by molar-refractivity contribution is 9.10. The quantitative estimate of drug-likeness (QED) is 0.886. The monoisotopic (exact) mass is 286 g/mol. The summed E-state index contributed by atoms with van der Waals surface area (Å²) in [6.45, 7) is 3.55. The topological polar surface area (TPSA) is 62.2 Å². The van der Waals surface area contributed by atoms with Crippen LogP contribution in [0.4, 0.5) is 0 Å². The lowest BCUT2D eigenvalue weighted by Gasteiger charge is -2.15. The van der Waals surface area contributed by atoms with E-state index in [1.54, 1.807) is 19.2 Å². The van der Waals surface area contributed by atoms with Crippen molar-refractivity contribution in [2.75, 3.05) is 0 Å². The SMILES string of the molecule is CC(O)CC(C)NC(=O)c1cncc(Br)c1. The smallest absolute Gasteiger partial charge is 0.253 e. The van der Waals surface area contributed by atoms with Gasteiger partial charge in [-0.15, -0.1) is 0 Å². The number of halogens is 1. The molecule has 1 aromatic rings. The van der Waals surface area contributed by atoms with Gasteiger partial charge in [-0.1, -0.05) is 0 Å². The third-order valence-electron chi connectivity index (χ3n) is 2.04. The van der Waals surface area contributed by atoms with Gasteiger partial charge in [0.1, 0.15) is 0 Å². The van der Waals surface area contributed by atoms with E-state index < -0.39 is 6.10 Å². The second-order valence-corrected chi connectivity index (χ2v) is 4.77. The number of aromatic nitrogens is 1. The molecular formula is C11H15BrN2O2. The van der Waals surface area contributed by atoms with Crippen LogP contribution in [0.25, 0.3) is 0 Å². The first-order valence-corrected chi connectivity index (χ1v) is 5.88. The fourth-order valence-electron chi connectivity index (χ4n) is 1.41. The molecule has 0 aliphatic carbocycles. The molecule has 0 aromatic carbocycles. The van der Waals surface area contributed by atoms with Crippen LogP contribution in [0.15, 0.2) is 22.9 Å². The van der Waals surface area contributed by atoms with Crippen molar-refractivity contribution in [3.05, 3.63) is 28.5 Å². The summed E-state index contributed by atoms with van der Waals surface area (Å²) in [7, 11) is 0. The van der Waals surface area contributed by atoms with Crippen LogP contribution in [0.1, 0.15) is 30.6 Å². The molecule has 0 bridgehead atoms. The van der Waals surface area contributed by atoms with Crippen molar-refractivity contribution < 1.29 is 9.90 Å². The molecule has 0 fully saturated rings. The van der Waals surface area contributed by atoms with Crippen molar-refractivity contribution >= 4 is 21.8 Å².